The maximum atomic E-state index is 10.8. The van der Waals surface area contributed by atoms with Crippen LogP contribution in [0.4, 0.5) is 0 Å². The molecule has 0 aliphatic heterocycles. The van der Waals surface area contributed by atoms with Gasteiger partial charge in [-0.2, -0.15) is 0 Å². The monoisotopic (exact) mass is 302 g/mol. The van der Waals surface area contributed by atoms with Gasteiger partial charge in [0.2, 0.25) is 0 Å². The van der Waals surface area contributed by atoms with E-state index in [0.717, 1.165) is 42.7 Å². The summed E-state index contributed by atoms with van der Waals surface area (Å²) in [6.45, 7) is 3.65. The minimum Gasteiger partial charge on any atom is -0.480 e. The van der Waals surface area contributed by atoms with E-state index in [2.05, 4.69) is 11.4 Å². The molecule has 3 rings (SSSR count). The zero-order valence-corrected chi connectivity index (χ0v) is 12.8. The number of benzene rings is 1. The van der Waals surface area contributed by atoms with E-state index in [1.54, 1.807) is 0 Å². The average Bonchev–Trinajstić information content (AvgIpc) is 2.86. The fraction of sp³-hybridized carbons (Fsp3) is 0.471. The minimum atomic E-state index is -0.750. The number of nitrogens with one attached hydrogen (secondary N) is 1. The summed E-state index contributed by atoms with van der Waals surface area (Å²) in [6, 6.07) is 10.9. The summed E-state index contributed by atoms with van der Waals surface area (Å²) < 4.78 is 5.78. The van der Waals surface area contributed by atoms with E-state index in [1.807, 2.05) is 36.1 Å². The summed E-state index contributed by atoms with van der Waals surface area (Å²) in [5.41, 5.74) is 0.921. The molecule has 118 valence electrons. The molecule has 0 bridgehead atoms. The Bertz CT molecular complexity index is 613. The van der Waals surface area contributed by atoms with Crippen molar-refractivity contribution in [3.63, 3.8) is 0 Å². The lowest BCUT2D eigenvalue weighted by Gasteiger charge is -2.42. The van der Waals surface area contributed by atoms with Gasteiger partial charge in [-0.15, -0.1) is 0 Å². The third kappa shape index (κ3) is 3.31. The Labute approximate surface area is 129 Å². The number of nitrogens with zero attached hydrogens (tertiary/aromatic N) is 1. The number of para-hydroxylation sites is 1. The fourth-order valence-electron chi connectivity index (χ4n) is 3.09. The lowest BCUT2D eigenvalue weighted by molar-refractivity contribution is -0.139. The molecule has 5 heteroatoms. The zero-order valence-electron chi connectivity index (χ0n) is 12.8. The van der Waals surface area contributed by atoms with E-state index in [9.17, 15) is 4.79 Å². The van der Waals surface area contributed by atoms with Crippen LogP contribution in [-0.2, 0) is 11.3 Å². The topological polar surface area (TPSA) is 65.7 Å². The van der Waals surface area contributed by atoms with Crippen LogP contribution in [0.2, 0.25) is 0 Å². The van der Waals surface area contributed by atoms with Gasteiger partial charge in [0.25, 0.3) is 0 Å². The number of carbonyl (C=O) groups is 1. The SMILES string of the molecule is CCN(CC(=O)O)C1CC(NCc2cc3ccccc3o2)C1. The Hall–Kier alpha value is -1.85. The Kier molecular flexibility index (Phi) is 4.45. The Balaban J connectivity index is 1.47. The predicted molar refractivity (Wildman–Crippen MR) is 84.7 cm³/mol. The number of likely N-dealkylation sites (N-methyl/N-ethyl adjacent to an activating group) is 1. The lowest BCUT2D eigenvalue weighted by atomic mass is 9.85. The van der Waals surface area contributed by atoms with Gasteiger partial charge in [0.05, 0.1) is 13.1 Å². The van der Waals surface area contributed by atoms with Crippen molar-refractivity contribution in [1.29, 1.82) is 0 Å². The number of furan rings is 1. The molecule has 1 aliphatic rings. The smallest absolute Gasteiger partial charge is 0.317 e. The van der Waals surface area contributed by atoms with Gasteiger partial charge in [0, 0.05) is 17.5 Å². The fourth-order valence-corrected chi connectivity index (χ4v) is 3.09. The van der Waals surface area contributed by atoms with Crippen LogP contribution in [0.15, 0.2) is 34.7 Å². The van der Waals surface area contributed by atoms with Crippen LogP contribution < -0.4 is 5.32 Å². The maximum absolute atomic E-state index is 10.8. The highest BCUT2D eigenvalue weighted by atomic mass is 16.4. The van der Waals surface area contributed by atoms with Crippen molar-refractivity contribution in [2.24, 2.45) is 0 Å². The second kappa shape index (κ2) is 6.50. The molecule has 0 radical (unpaired) electrons. The Morgan fingerprint density at radius 2 is 2.18 bits per heavy atom. The molecule has 0 saturated heterocycles. The summed E-state index contributed by atoms with van der Waals surface area (Å²) in [5.74, 6) is 0.197. The van der Waals surface area contributed by atoms with E-state index < -0.39 is 5.97 Å². The van der Waals surface area contributed by atoms with Crippen LogP contribution in [0.25, 0.3) is 11.0 Å². The molecule has 2 N–H and O–H groups in total. The van der Waals surface area contributed by atoms with Crippen molar-refractivity contribution in [1.82, 2.24) is 10.2 Å². The lowest BCUT2D eigenvalue weighted by Crippen LogP contribution is -2.53. The third-order valence-electron chi connectivity index (χ3n) is 4.42. The molecule has 1 aromatic carbocycles. The molecular weight excluding hydrogens is 280 g/mol. The second-order valence-corrected chi connectivity index (χ2v) is 5.91. The van der Waals surface area contributed by atoms with E-state index in [4.69, 9.17) is 9.52 Å². The molecule has 1 heterocycles. The summed E-state index contributed by atoms with van der Waals surface area (Å²) in [4.78, 5) is 12.9. The number of carboxylic acid groups (broad SMARTS) is 1. The molecule has 0 amide bonds. The first-order chi connectivity index (χ1) is 10.7. The number of hydrogen-bond acceptors (Lipinski definition) is 4. The van der Waals surface area contributed by atoms with Gasteiger partial charge in [-0.05, 0) is 31.5 Å². The highest BCUT2D eigenvalue weighted by molar-refractivity contribution is 5.77. The molecule has 22 heavy (non-hydrogen) atoms. The normalized spacial score (nSPS) is 21.2. The second-order valence-electron chi connectivity index (χ2n) is 5.91. The van der Waals surface area contributed by atoms with Crippen molar-refractivity contribution in [3.05, 3.63) is 36.1 Å². The van der Waals surface area contributed by atoms with Crippen molar-refractivity contribution < 1.29 is 14.3 Å². The van der Waals surface area contributed by atoms with Gasteiger partial charge >= 0.3 is 5.97 Å². The molecule has 1 saturated carbocycles. The molecule has 5 nitrogen and oxygen atoms in total. The molecule has 0 atom stereocenters. The molecule has 0 unspecified atom stereocenters. The van der Waals surface area contributed by atoms with Crippen molar-refractivity contribution in [2.45, 2.75) is 38.4 Å². The van der Waals surface area contributed by atoms with E-state index in [1.165, 1.54) is 0 Å². The van der Waals surface area contributed by atoms with E-state index >= 15 is 0 Å². The predicted octanol–water partition coefficient (Wildman–Crippen LogP) is 2.46. The Morgan fingerprint density at radius 3 is 2.86 bits per heavy atom. The van der Waals surface area contributed by atoms with Gasteiger partial charge < -0.3 is 14.8 Å². The number of rotatable bonds is 7. The molecule has 1 aliphatic carbocycles. The first-order valence-corrected chi connectivity index (χ1v) is 7.82. The van der Waals surface area contributed by atoms with Crippen LogP contribution in [0, 0.1) is 0 Å². The average molecular weight is 302 g/mol. The summed E-state index contributed by atoms with van der Waals surface area (Å²) in [6.07, 6.45) is 2.00. The van der Waals surface area contributed by atoms with Gasteiger partial charge in [-0.25, -0.2) is 0 Å². The highest BCUT2D eigenvalue weighted by Gasteiger charge is 2.33. The van der Waals surface area contributed by atoms with Crippen LogP contribution in [0.5, 0.6) is 0 Å². The van der Waals surface area contributed by atoms with E-state index in [0.29, 0.717) is 12.1 Å². The van der Waals surface area contributed by atoms with Gasteiger partial charge in [0.1, 0.15) is 11.3 Å². The van der Waals surface area contributed by atoms with Gasteiger partial charge in [0.15, 0.2) is 0 Å². The zero-order chi connectivity index (χ0) is 15.5. The van der Waals surface area contributed by atoms with Crippen molar-refractivity contribution in [2.75, 3.05) is 13.1 Å². The third-order valence-corrected chi connectivity index (χ3v) is 4.42. The molecule has 0 spiro atoms. The molecule has 1 aromatic heterocycles. The molecular formula is C17H22N2O3. The quantitative estimate of drug-likeness (QED) is 0.822. The first kappa shape index (κ1) is 15.1. The van der Waals surface area contributed by atoms with Crippen molar-refractivity contribution in [3.8, 4) is 0 Å². The summed E-state index contributed by atoms with van der Waals surface area (Å²) in [7, 11) is 0. The highest BCUT2D eigenvalue weighted by Crippen LogP contribution is 2.26. The van der Waals surface area contributed by atoms with Gasteiger partial charge in [-0.1, -0.05) is 25.1 Å². The molecule has 1 fully saturated rings. The first-order valence-electron chi connectivity index (χ1n) is 7.82. The van der Waals surface area contributed by atoms with E-state index in [-0.39, 0.29) is 6.54 Å². The summed E-state index contributed by atoms with van der Waals surface area (Å²) >= 11 is 0. The molecule has 2 aromatic rings. The van der Waals surface area contributed by atoms with Gasteiger partial charge in [-0.3, -0.25) is 9.69 Å². The number of fused-ring (bicyclic) bond motifs is 1. The van der Waals surface area contributed by atoms with Crippen LogP contribution in [-0.4, -0.2) is 41.1 Å². The Morgan fingerprint density at radius 1 is 1.41 bits per heavy atom. The van der Waals surface area contributed by atoms with Crippen LogP contribution in [0.1, 0.15) is 25.5 Å². The van der Waals surface area contributed by atoms with Crippen LogP contribution in [0.3, 0.4) is 0 Å². The summed E-state index contributed by atoms with van der Waals surface area (Å²) in [5, 5.41) is 13.5. The largest absolute Gasteiger partial charge is 0.480 e. The standard InChI is InChI=1S/C17H22N2O3/c1-2-19(11-17(20)21)14-8-13(9-14)18-10-15-7-12-5-3-4-6-16(12)22-15/h3-7,13-14,18H,2,8-11H2,1H3,(H,20,21). The van der Waals surface area contributed by atoms with Crippen molar-refractivity contribution >= 4 is 16.9 Å². The number of aliphatic carboxylic acids is 1. The van der Waals surface area contributed by atoms with Crippen LogP contribution >= 0.6 is 0 Å². The maximum Gasteiger partial charge on any atom is 0.317 e. The number of carboxylic acids is 1. The number of hydrogen-bond donors (Lipinski definition) is 2. The minimum absolute atomic E-state index is 0.136.